The van der Waals surface area contributed by atoms with E-state index >= 15 is 0 Å². The fourth-order valence-corrected chi connectivity index (χ4v) is 5.08. The molecule has 0 radical (unpaired) electrons. The van der Waals surface area contributed by atoms with Gasteiger partial charge in [-0.3, -0.25) is 14.5 Å². The molecule has 0 aromatic carbocycles. The number of tetrazole rings is 1. The smallest absolute Gasteiger partial charge is 0.353 e. The second-order valence-corrected chi connectivity index (χ2v) is 7.88. The van der Waals surface area contributed by atoms with Gasteiger partial charge in [0.15, 0.2) is 0 Å². The van der Waals surface area contributed by atoms with Gasteiger partial charge in [0, 0.05) is 17.6 Å². The summed E-state index contributed by atoms with van der Waals surface area (Å²) in [7, 11) is 0. The molecule has 2 aromatic rings. The molecule has 2 aliphatic heterocycles. The number of nitrogens with zero attached hydrogens (tertiary/aromatic N) is 7. The van der Waals surface area contributed by atoms with Gasteiger partial charge in [0.1, 0.15) is 30.0 Å². The van der Waals surface area contributed by atoms with Crippen LogP contribution in [0.2, 0.25) is 0 Å². The van der Waals surface area contributed by atoms with E-state index in [-0.39, 0.29) is 17.5 Å². The number of thioether (sulfide) groups is 2. The first-order chi connectivity index (χ1) is 13.4. The summed E-state index contributed by atoms with van der Waals surface area (Å²) in [5.74, 6) is -1.52. The first-order valence-electron chi connectivity index (χ1n) is 7.83. The summed E-state index contributed by atoms with van der Waals surface area (Å²) in [6, 6.07) is -0.819. The largest absolute Gasteiger partial charge is 0.477 e. The third-order valence-corrected chi connectivity index (χ3v) is 6.25. The second-order valence-electron chi connectivity index (χ2n) is 5.73. The third kappa shape index (κ3) is 3.33. The Bertz CT molecular complexity index is 973. The fourth-order valence-electron chi connectivity index (χ4n) is 2.71. The lowest BCUT2D eigenvalue weighted by Crippen LogP contribution is -2.70. The molecule has 2 N–H and O–H groups in total. The number of hydrogen-bond donors (Lipinski definition) is 2. The predicted octanol–water partition coefficient (Wildman–Crippen LogP) is -1.15. The molecule has 146 valence electrons. The molecule has 4 rings (SSSR count). The highest BCUT2D eigenvalue weighted by atomic mass is 32.2. The molecular weight excluding hydrogens is 412 g/mol. The summed E-state index contributed by atoms with van der Waals surface area (Å²) < 4.78 is 6.49. The molecule has 2 atom stereocenters. The highest BCUT2D eigenvalue weighted by molar-refractivity contribution is 8.06. The minimum atomic E-state index is -1.24. The zero-order valence-corrected chi connectivity index (χ0v) is 15.8. The second kappa shape index (κ2) is 7.23. The number of carboxylic acids is 1. The Balaban J connectivity index is 1.49. The van der Waals surface area contributed by atoms with Crippen LogP contribution in [0.5, 0.6) is 0 Å². The van der Waals surface area contributed by atoms with Gasteiger partial charge in [-0.05, 0) is 22.2 Å². The van der Waals surface area contributed by atoms with Gasteiger partial charge in [0.05, 0.1) is 0 Å². The normalized spacial score (nSPS) is 21.3. The van der Waals surface area contributed by atoms with Crippen LogP contribution in [0.15, 0.2) is 26.6 Å². The molecule has 28 heavy (non-hydrogen) atoms. The highest BCUT2D eigenvalue weighted by Crippen LogP contribution is 2.44. The molecular formula is C13H12N8O5S2. The number of aromatic nitrogens is 6. The maximum atomic E-state index is 12.5. The van der Waals surface area contributed by atoms with Gasteiger partial charge in [0.2, 0.25) is 11.8 Å². The van der Waals surface area contributed by atoms with Crippen LogP contribution in [0.3, 0.4) is 0 Å². The van der Waals surface area contributed by atoms with Crippen molar-refractivity contribution in [2.45, 2.75) is 30.1 Å². The fraction of sp³-hybridized carbons (Fsp3) is 0.385. The van der Waals surface area contributed by atoms with Crippen molar-refractivity contribution < 1.29 is 23.9 Å². The van der Waals surface area contributed by atoms with Gasteiger partial charge in [-0.2, -0.15) is 0 Å². The zero-order valence-electron chi connectivity index (χ0n) is 14.2. The van der Waals surface area contributed by atoms with Crippen LogP contribution in [-0.2, 0) is 20.9 Å². The quantitative estimate of drug-likeness (QED) is 0.535. The van der Waals surface area contributed by atoms with E-state index < -0.39 is 29.2 Å². The minimum Gasteiger partial charge on any atom is -0.477 e. The Morgan fingerprint density at radius 2 is 2.29 bits per heavy atom. The number of β-lactam (4-membered cyclic amide) rings is 1. The van der Waals surface area contributed by atoms with Crippen molar-refractivity contribution in [3.05, 3.63) is 22.8 Å². The molecule has 2 amide bonds. The number of fused-ring (bicyclic) bond motifs is 1. The molecule has 13 nitrogen and oxygen atoms in total. The van der Waals surface area contributed by atoms with Crippen molar-refractivity contribution in [3.8, 4) is 0 Å². The van der Waals surface area contributed by atoms with Crippen molar-refractivity contribution in [2.75, 3.05) is 5.75 Å². The summed E-state index contributed by atoms with van der Waals surface area (Å²) in [4.78, 5) is 38.0. The molecule has 1 unspecified atom stereocenters. The lowest BCUT2D eigenvalue weighted by atomic mass is 10.1. The Kier molecular flexibility index (Phi) is 4.76. The molecule has 0 saturated carbocycles. The SMILES string of the molecule is Cc1nnc(SC2=C(C(=O)O)N3C(=O)C(NC(=O)Cn4cnnn4)[C@@H]3SC2)o1. The summed E-state index contributed by atoms with van der Waals surface area (Å²) in [6.45, 7) is 1.48. The van der Waals surface area contributed by atoms with Crippen LogP contribution in [0.1, 0.15) is 5.89 Å². The number of carbonyl (C=O) groups excluding carboxylic acids is 2. The van der Waals surface area contributed by atoms with Crippen molar-refractivity contribution in [2.24, 2.45) is 0 Å². The number of carbonyl (C=O) groups is 3. The molecule has 2 aliphatic rings. The van der Waals surface area contributed by atoms with E-state index in [1.165, 1.54) is 27.7 Å². The zero-order chi connectivity index (χ0) is 19.8. The van der Waals surface area contributed by atoms with E-state index in [1.807, 2.05) is 0 Å². The van der Waals surface area contributed by atoms with Crippen LogP contribution in [0.4, 0.5) is 0 Å². The molecule has 0 aliphatic carbocycles. The molecule has 1 fully saturated rings. The average molecular weight is 424 g/mol. The van der Waals surface area contributed by atoms with E-state index in [1.54, 1.807) is 6.92 Å². The van der Waals surface area contributed by atoms with E-state index in [9.17, 15) is 19.5 Å². The molecule has 4 heterocycles. The molecule has 1 saturated heterocycles. The number of nitrogens with one attached hydrogen (secondary N) is 1. The van der Waals surface area contributed by atoms with Crippen LogP contribution in [0.25, 0.3) is 0 Å². The summed E-state index contributed by atoms with van der Waals surface area (Å²) in [5.41, 5.74) is -0.138. The van der Waals surface area contributed by atoms with Crippen molar-refractivity contribution in [1.82, 2.24) is 40.6 Å². The Labute approximate surface area is 164 Å². The molecule has 15 heteroatoms. The van der Waals surface area contributed by atoms with Crippen molar-refractivity contribution in [1.29, 1.82) is 0 Å². The molecule has 0 bridgehead atoms. The predicted molar refractivity (Wildman–Crippen MR) is 92.4 cm³/mol. The van der Waals surface area contributed by atoms with E-state index in [4.69, 9.17) is 4.42 Å². The van der Waals surface area contributed by atoms with Crippen LogP contribution >= 0.6 is 23.5 Å². The first-order valence-corrected chi connectivity index (χ1v) is 9.70. The van der Waals surface area contributed by atoms with E-state index in [2.05, 4.69) is 31.0 Å². The summed E-state index contributed by atoms with van der Waals surface area (Å²) in [5, 5.41) is 29.9. The van der Waals surface area contributed by atoms with Gasteiger partial charge in [-0.1, -0.05) is 0 Å². The van der Waals surface area contributed by atoms with E-state index in [0.29, 0.717) is 16.5 Å². The number of amides is 2. The number of hydrogen-bond acceptors (Lipinski definition) is 11. The van der Waals surface area contributed by atoms with Gasteiger partial charge in [-0.25, -0.2) is 9.48 Å². The summed E-state index contributed by atoms with van der Waals surface area (Å²) >= 11 is 2.35. The van der Waals surface area contributed by atoms with Gasteiger partial charge in [-0.15, -0.1) is 27.1 Å². The summed E-state index contributed by atoms with van der Waals surface area (Å²) in [6.07, 6.45) is 1.28. The topological polar surface area (TPSA) is 169 Å². The molecule has 2 aromatic heterocycles. The lowest BCUT2D eigenvalue weighted by Gasteiger charge is -2.49. The number of aliphatic carboxylic acids is 1. The standard InChI is InChI=1S/C13H12N8O5S2/c1-5-16-17-13(26-5)28-6-3-27-11-8(10(23)21(11)9(6)12(24)25)15-7(22)2-20-4-14-18-19-20/h4,8,11H,2-3H2,1H3,(H,15,22)(H,24,25)/t8?,11-/m0/s1. The Morgan fingerprint density at radius 1 is 1.46 bits per heavy atom. The van der Waals surface area contributed by atoms with Gasteiger partial charge >= 0.3 is 5.97 Å². The minimum absolute atomic E-state index is 0.138. The number of rotatable bonds is 6. The van der Waals surface area contributed by atoms with Gasteiger partial charge < -0.3 is 14.8 Å². The lowest BCUT2D eigenvalue weighted by molar-refractivity contribution is -0.150. The highest BCUT2D eigenvalue weighted by Gasteiger charge is 2.54. The number of aryl methyl sites for hydroxylation is 1. The van der Waals surface area contributed by atoms with E-state index in [0.717, 1.165) is 11.8 Å². The van der Waals surface area contributed by atoms with Crippen LogP contribution in [-0.4, -0.2) is 75.4 Å². The van der Waals surface area contributed by atoms with Crippen LogP contribution in [0, 0.1) is 6.92 Å². The van der Waals surface area contributed by atoms with Crippen LogP contribution < -0.4 is 5.32 Å². The first kappa shape index (κ1) is 18.4. The van der Waals surface area contributed by atoms with Crippen molar-refractivity contribution >= 4 is 41.3 Å². The Morgan fingerprint density at radius 3 is 2.93 bits per heavy atom. The number of carboxylic acid groups (broad SMARTS) is 1. The Hall–Kier alpha value is -2.94. The maximum Gasteiger partial charge on any atom is 0.353 e. The maximum absolute atomic E-state index is 12.5. The van der Waals surface area contributed by atoms with Gasteiger partial charge in [0.25, 0.3) is 11.1 Å². The van der Waals surface area contributed by atoms with Crippen molar-refractivity contribution in [3.63, 3.8) is 0 Å². The monoisotopic (exact) mass is 424 g/mol. The average Bonchev–Trinajstić information content (AvgIpc) is 3.30. The third-order valence-electron chi connectivity index (χ3n) is 3.87. The molecule has 0 spiro atoms.